The zero-order valence-electron chi connectivity index (χ0n) is 14.4. The van der Waals surface area contributed by atoms with Crippen LogP contribution in [0.3, 0.4) is 0 Å². The Hall–Kier alpha value is -2.41. The molecule has 3 amide bonds. The quantitative estimate of drug-likeness (QED) is 0.868. The summed E-state index contributed by atoms with van der Waals surface area (Å²) in [6.45, 7) is 2.90. The molecule has 1 aromatic rings. The second kappa shape index (κ2) is 7.23. The molecule has 2 fully saturated rings. The van der Waals surface area contributed by atoms with Crippen molar-refractivity contribution in [3.8, 4) is 0 Å². The topological polar surface area (TPSA) is 79.0 Å². The SMILES string of the molecule is CC(=O)NCC(=O)N1CCCC2(C1)CN(c1ccccc1)C(=O)CO2. The zero-order chi connectivity index (χ0) is 17.9. The average Bonchev–Trinajstić information content (AvgIpc) is 2.63. The smallest absolute Gasteiger partial charge is 0.253 e. The van der Waals surface area contributed by atoms with E-state index < -0.39 is 5.60 Å². The number of para-hydroxylation sites is 1. The van der Waals surface area contributed by atoms with Crippen LogP contribution in [-0.4, -0.2) is 61.0 Å². The van der Waals surface area contributed by atoms with E-state index in [1.807, 2.05) is 30.3 Å². The van der Waals surface area contributed by atoms with Crippen LogP contribution in [0.15, 0.2) is 30.3 Å². The normalized spacial score (nSPS) is 23.6. The van der Waals surface area contributed by atoms with Gasteiger partial charge in [0.1, 0.15) is 12.2 Å². The molecule has 0 radical (unpaired) electrons. The van der Waals surface area contributed by atoms with Gasteiger partial charge in [0.2, 0.25) is 11.8 Å². The maximum Gasteiger partial charge on any atom is 0.253 e. The lowest BCUT2D eigenvalue weighted by Crippen LogP contribution is -2.62. The zero-order valence-corrected chi connectivity index (χ0v) is 14.4. The van der Waals surface area contributed by atoms with E-state index in [1.54, 1.807) is 9.80 Å². The Morgan fingerprint density at radius 2 is 2.00 bits per heavy atom. The molecule has 7 heteroatoms. The van der Waals surface area contributed by atoms with Crippen LogP contribution < -0.4 is 10.2 Å². The van der Waals surface area contributed by atoms with Crippen molar-refractivity contribution in [2.24, 2.45) is 0 Å². The van der Waals surface area contributed by atoms with Crippen molar-refractivity contribution in [2.45, 2.75) is 25.4 Å². The number of carbonyl (C=O) groups excluding carboxylic acids is 3. The van der Waals surface area contributed by atoms with Crippen molar-refractivity contribution in [3.63, 3.8) is 0 Å². The van der Waals surface area contributed by atoms with Gasteiger partial charge in [0, 0.05) is 19.2 Å². The number of hydrogen-bond donors (Lipinski definition) is 1. The number of nitrogens with one attached hydrogen (secondary N) is 1. The number of likely N-dealkylation sites (tertiary alicyclic amines) is 1. The molecule has 1 N–H and O–H groups in total. The van der Waals surface area contributed by atoms with Gasteiger partial charge in [-0.1, -0.05) is 18.2 Å². The molecule has 2 aliphatic heterocycles. The van der Waals surface area contributed by atoms with Gasteiger partial charge in [-0.05, 0) is 25.0 Å². The summed E-state index contributed by atoms with van der Waals surface area (Å²) in [5, 5.41) is 2.54. The standard InChI is InChI=1S/C18H23N3O4/c1-14(22)19-10-16(23)20-9-5-8-18(12-20)13-21(17(24)11-25-18)15-6-3-2-4-7-15/h2-4,6-7H,5,8-13H2,1H3,(H,19,22). The molecule has 1 aromatic carbocycles. The van der Waals surface area contributed by atoms with Crippen molar-refractivity contribution in [1.29, 1.82) is 0 Å². The van der Waals surface area contributed by atoms with Crippen LogP contribution in [0.1, 0.15) is 19.8 Å². The van der Waals surface area contributed by atoms with Crippen molar-refractivity contribution in [2.75, 3.05) is 37.7 Å². The third-order valence-electron chi connectivity index (χ3n) is 4.70. The summed E-state index contributed by atoms with van der Waals surface area (Å²) in [5.41, 5.74) is 0.297. The number of amides is 3. The van der Waals surface area contributed by atoms with E-state index in [2.05, 4.69) is 5.32 Å². The van der Waals surface area contributed by atoms with Gasteiger partial charge >= 0.3 is 0 Å². The first kappa shape index (κ1) is 17.4. The maximum absolute atomic E-state index is 12.3. The molecule has 3 rings (SSSR count). The molecule has 7 nitrogen and oxygen atoms in total. The monoisotopic (exact) mass is 345 g/mol. The van der Waals surface area contributed by atoms with Crippen LogP contribution in [0.2, 0.25) is 0 Å². The minimum Gasteiger partial charge on any atom is -0.361 e. The average molecular weight is 345 g/mol. The number of anilines is 1. The molecule has 25 heavy (non-hydrogen) atoms. The van der Waals surface area contributed by atoms with Crippen LogP contribution in [0.25, 0.3) is 0 Å². The van der Waals surface area contributed by atoms with Gasteiger partial charge in [-0.25, -0.2) is 0 Å². The lowest BCUT2D eigenvalue weighted by atomic mass is 9.90. The lowest BCUT2D eigenvalue weighted by Gasteiger charge is -2.47. The molecule has 0 saturated carbocycles. The lowest BCUT2D eigenvalue weighted by molar-refractivity contribution is -0.153. The van der Waals surface area contributed by atoms with Crippen LogP contribution >= 0.6 is 0 Å². The minimum atomic E-state index is -0.548. The Kier molecular flexibility index (Phi) is 5.03. The highest BCUT2D eigenvalue weighted by Crippen LogP contribution is 2.31. The Morgan fingerprint density at radius 3 is 2.72 bits per heavy atom. The molecular formula is C18H23N3O4. The Morgan fingerprint density at radius 1 is 1.24 bits per heavy atom. The second-order valence-electron chi connectivity index (χ2n) is 6.62. The predicted molar refractivity (Wildman–Crippen MR) is 92.0 cm³/mol. The maximum atomic E-state index is 12.3. The van der Waals surface area contributed by atoms with Crippen molar-refractivity contribution >= 4 is 23.4 Å². The summed E-state index contributed by atoms with van der Waals surface area (Å²) < 4.78 is 5.90. The second-order valence-corrected chi connectivity index (χ2v) is 6.62. The summed E-state index contributed by atoms with van der Waals surface area (Å²) >= 11 is 0. The Labute approximate surface area is 146 Å². The van der Waals surface area contributed by atoms with E-state index in [-0.39, 0.29) is 30.9 Å². The van der Waals surface area contributed by atoms with Crippen LogP contribution in [0.4, 0.5) is 5.69 Å². The first-order valence-electron chi connectivity index (χ1n) is 8.51. The van der Waals surface area contributed by atoms with Crippen LogP contribution in [0.5, 0.6) is 0 Å². The third kappa shape index (κ3) is 3.99. The summed E-state index contributed by atoms with van der Waals surface area (Å²) in [6.07, 6.45) is 1.61. The van der Waals surface area contributed by atoms with Crippen LogP contribution in [-0.2, 0) is 19.1 Å². The van der Waals surface area contributed by atoms with E-state index in [0.717, 1.165) is 18.5 Å². The first-order chi connectivity index (χ1) is 12.0. The van der Waals surface area contributed by atoms with Gasteiger partial charge in [0.25, 0.3) is 5.91 Å². The van der Waals surface area contributed by atoms with Gasteiger partial charge < -0.3 is 19.9 Å². The summed E-state index contributed by atoms with van der Waals surface area (Å²) in [7, 11) is 0. The molecule has 2 saturated heterocycles. The van der Waals surface area contributed by atoms with Crippen molar-refractivity contribution in [1.82, 2.24) is 10.2 Å². The van der Waals surface area contributed by atoms with Gasteiger partial charge in [-0.2, -0.15) is 0 Å². The molecule has 134 valence electrons. The molecule has 0 aliphatic carbocycles. The van der Waals surface area contributed by atoms with E-state index in [9.17, 15) is 14.4 Å². The molecule has 1 spiro atoms. The molecular weight excluding hydrogens is 322 g/mol. The van der Waals surface area contributed by atoms with E-state index in [1.165, 1.54) is 6.92 Å². The fourth-order valence-electron chi connectivity index (χ4n) is 3.43. The number of piperidine rings is 1. The number of hydrogen-bond acceptors (Lipinski definition) is 4. The van der Waals surface area contributed by atoms with E-state index >= 15 is 0 Å². The highest BCUT2D eigenvalue weighted by Gasteiger charge is 2.44. The fourth-order valence-corrected chi connectivity index (χ4v) is 3.43. The van der Waals surface area contributed by atoms with Crippen LogP contribution in [0, 0.1) is 0 Å². The number of ether oxygens (including phenoxy) is 1. The van der Waals surface area contributed by atoms with E-state index in [4.69, 9.17) is 4.74 Å². The molecule has 0 aromatic heterocycles. The number of nitrogens with zero attached hydrogens (tertiary/aromatic N) is 2. The molecule has 2 heterocycles. The Balaban J connectivity index is 1.71. The van der Waals surface area contributed by atoms with Gasteiger partial charge in [-0.3, -0.25) is 14.4 Å². The minimum absolute atomic E-state index is 0.00720. The van der Waals surface area contributed by atoms with Gasteiger partial charge in [-0.15, -0.1) is 0 Å². The third-order valence-corrected chi connectivity index (χ3v) is 4.70. The summed E-state index contributed by atoms with van der Waals surface area (Å²) in [6, 6.07) is 9.51. The van der Waals surface area contributed by atoms with Gasteiger partial charge in [0.05, 0.1) is 19.6 Å². The number of benzene rings is 1. The number of morpholine rings is 1. The highest BCUT2D eigenvalue weighted by atomic mass is 16.5. The van der Waals surface area contributed by atoms with Crippen molar-refractivity contribution < 1.29 is 19.1 Å². The molecule has 2 aliphatic rings. The molecule has 1 atom stereocenters. The first-order valence-corrected chi connectivity index (χ1v) is 8.51. The Bertz CT molecular complexity index is 664. The number of carbonyl (C=O) groups is 3. The fraction of sp³-hybridized carbons (Fsp3) is 0.500. The predicted octanol–water partition coefficient (Wildman–Crippen LogP) is 0.547. The highest BCUT2D eigenvalue weighted by molar-refractivity contribution is 5.95. The molecule has 1 unspecified atom stereocenters. The van der Waals surface area contributed by atoms with E-state index in [0.29, 0.717) is 19.6 Å². The summed E-state index contributed by atoms with van der Waals surface area (Å²) in [4.78, 5) is 39.1. The van der Waals surface area contributed by atoms with Gasteiger partial charge in [0.15, 0.2) is 0 Å². The largest absolute Gasteiger partial charge is 0.361 e. The summed E-state index contributed by atoms with van der Waals surface area (Å²) in [5.74, 6) is -0.422. The van der Waals surface area contributed by atoms with Crippen molar-refractivity contribution in [3.05, 3.63) is 30.3 Å². The number of rotatable bonds is 3. The molecule has 0 bridgehead atoms.